The average molecular weight is 262 g/mol. The van der Waals surface area contributed by atoms with Gasteiger partial charge in [0, 0.05) is 16.2 Å². The van der Waals surface area contributed by atoms with Crippen molar-refractivity contribution in [3.05, 3.63) is 34.0 Å². The molecule has 2 aromatic rings. The van der Waals surface area contributed by atoms with Gasteiger partial charge >= 0.3 is 0 Å². The number of rotatable bonds is 3. The van der Waals surface area contributed by atoms with Crippen molar-refractivity contribution in [3.8, 4) is 21.6 Å². The van der Waals surface area contributed by atoms with Gasteiger partial charge in [-0.3, -0.25) is 4.79 Å². The first-order valence-corrected chi connectivity index (χ1v) is 6.72. The van der Waals surface area contributed by atoms with Crippen molar-refractivity contribution < 1.29 is 9.90 Å². The van der Waals surface area contributed by atoms with Gasteiger partial charge in [0.1, 0.15) is 0 Å². The van der Waals surface area contributed by atoms with Crippen LogP contribution in [0.5, 0.6) is 0 Å². The van der Waals surface area contributed by atoms with Gasteiger partial charge in [-0.25, -0.2) is 0 Å². The minimum Gasteiger partial charge on any atom is -0.395 e. The van der Waals surface area contributed by atoms with E-state index in [1.54, 1.807) is 11.3 Å². The summed E-state index contributed by atoms with van der Waals surface area (Å²) in [6.07, 6.45) is 1.37. The zero-order valence-electron chi connectivity index (χ0n) is 8.97. The predicted octanol–water partition coefficient (Wildman–Crippen LogP) is 3.02. The van der Waals surface area contributed by atoms with Crippen molar-refractivity contribution in [2.24, 2.45) is 0 Å². The van der Waals surface area contributed by atoms with Crippen LogP contribution in [0, 0.1) is 11.8 Å². The molecule has 2 heterocycles. The van der Waals surface area contributed by atoms with E-state index in [1.165, 1.54) is 11.3 Å². The highest BCUT2D eigenvalue weighted by molar-refractivity contribution is 7.23. The zero-order chi connectivity index (χ0) is 12.1. The molecule has 0 aliphatic heterocycles. The van der Waals surface area contributed by atoms with Crippen molar-refractivity contribution in [3.63, 3.8) is 0 Å². The molecule has 2 rings (SSSR count). The first-order chi connectivity index (χ1) is 8.33. The van der Waals surface area contributed by atoms with Crippen LogP contribution in [-0.2, 0) is 0 Å². The molecule has 0 aromatic carbocycles. The van der Waals surface area contributed by atoms with Crippen LogP contribution in [0.15, 0.2) is 24.3 Å². The average Bonchev–Trinajstić information content (AvgIpc) is 2.97. The second-order valence-electron chi connectivity index (χ2n) is 3.26. The summed E-state index contributed by atoms with van der Waals surface area (Å²) in [5, 5.41) is 8.63. The Morgan fingerprint density at radius 3 is 2.65 bits per heavy atom. The van der Waals surface area contributed by atoms with E-state index in [-0.39, 0.29) is 6.61 Å². The number of aliphatic hydroxyl groups excluding tert-OH is 1. The molecule has 0 atom stereocenters. The van der Waals surface area contributed by atoms with Crippen LogP contribution < -0.4 is 0 Å². The Morgan fingerprint density at radius 2 is 1.94 bits per heavy atom. The molecule has 1 N–H and O–H groups in total. The summed E-state index contributed by atoms with van der Waals surface area (Å²) in [6, 6.07) is 7.74. The zero-order valence-corrected chi connectivity index (χ0v) is 10.6. The van der Waals surface area contributed by atoms with E-state index in [4.69, 9.17) is 5.11 Å². The molecule has 0 aliphatic rings. The molecule has 0 amide bonds. The van der Waals surface area contributed by atoms with Gasteiger partial charge < -0.3 is 5.11 Å². The Kier molecular flexibility index (Phi) is 4.10. The first kappa shape index (κ1) is 12.1. The maximum absolute atomic E-state index is 10.6. The summed E-state index contributed by atoms with van der Waals surface area (Å²) in [5.41, 5.74) is 0. The molecule has 2 aromatic heterocycles. The number of thiophene rings is 2. The quantitative estimate of drug-likeness (QED) is 0.682. The number of aldehydes is 1. The normalized spacial score (nSPS) is 9.71. The van der Waals surface area contributed by atoms with E-state index in [0.29, 0.717) is 6.42 Å². The highest BCUT2D eigenvalue weighted by atomic mass is 32.1. The van der Waals surface area contributed by atoms with Crippen molar-refractivity contribution in [2.45, 2.75) is 6.42 Å². The fraction of sp³-hybridized carbons (Fsp3) is 0.154. The van der Waals surface area contributed by atoms with E-state index in [1.807, 2.05) is 24.3 Å². The van der Waals surface area contributed by atoms with Crippen molar-refractivity contribution >= 4 is 29.0 Å². The Balaban J connectivity index is 2.18. The Labute approximate surface area is 108 Å². The maximum Gasteiger partial charge on any atom is 0.160 e. The third-order valence-electron chi connectivity index (χ3n) is 2.04. The van der Waals surface area contributed by atoms with Gasteiger partial charge in [0.05, 0.1) is 16.4 Å². The number of carbonyl (C=O) groups is 1. The van der Waals surface area contributed by atoms with Gasteiger partial charge in [-0.05, 0) is 24.3 Å². The second kappa shape index (κ2) is 5.78. The van der Waals surface area contributed by atoms with Crippen LogP contribution in [-0.4, -0.2) is 18.0 Å². The van der Waals surface area contributed by atoms with Gasteiger partial charge in [0.2, 0.25) is 0 Å². The summed E-state index contributed by atoms with van der Waals surface area (Å²) in [5.74, 6) is 5.89. The summed E-state index contributed by atoms with van der Waals surface area (Å²) < 4.78 is 0. The van der Waals surface area contributed by atoms with E-state index in [0.717, 1.165) is 25.8 Å². The highest BCUT2D eigenvalue weighted by Gasteiger charge is 2.04. The number of carbonyl (C=O) groups excluding carboxylic acids is 1. The van der Waals surface area contributed by atoms with Crippen LogP contribution in [0.25, 0.3) is 9.75 Å². The molecule has 0 spiro atoms. The minimum atomic E-state index is 0.0961. The van der Waals surface area contributed by atoms with Gasteiger partial charge in [0.15, 0.2) is 6.29 Å². The number of hydrogen-bond acceptors (Lipinski definition) is 4. The van der Waals surface area contributed by atoms with Gasteiger partial charge in [-0.1, -0.05) is 11.8 Å². The summed E-state index contributed by atoms with van der Waals surface area (Å²) >= 11 is 3.08. The summed E-state index contributed by atoms with van der Waals surface area (Å²) in [7, 11) is 0. The smallest absolute Gasteiger partial charge is 0.160 e. The standard InChI is InChI=1S/C13H10O2S2/c14-8-2-1-3-10-4-6-12(16-10)13-7-5-11(9-15)17-13/h4-7,9,14H,2,8H2. The molecule has 0 bridgehead atoms. The lowest BCUT2D eigenvalue weighted by Crippen LogP contribution is -1.75. The van der Waals surface area contributed by atoms with Crippen LogP contribution in [0.4, 0.5) is 0 Å². The molecule has 0 aliphatic carbocycles. The van der Waals surface area contributed by atoms with Gasteiger partial charge in [-0.15, -0.1) is 22.7 Å². The van der Waals surface area contributed by atoms with E-state index < -0.39 is 0 Å². The number of hydrogen-bond donors (Lipinski definition) is 1. The van der Waals surface area contributed by atoms with Crippen LogP contribution in [0.1, 0.15) is 21.0 Å². The van der Waals surface area contributed by atoms with E-state index in [2.05, 4.69) is 11.8 Å². The molecule has 17 heavy (non-hydrogen) atoms. The Bertz CT molecular complexity index is 569. The largest absolute Gasteiger partial charge is 0.395 e. The van der Waals surface area contributed by atoms with Crippen molar-refractivity contribution in [1.29, 1.82) is 0 Å². The maximum atomic E-state index is 10.6. The molecule has 2 nitrogen and oxygen atoms in total. The topological polar surface area (TPSA) is 37.3 Å². The van der Waals surface area contributed by atoms with Crippen LogP contribution in [0.2, 0.25) is 0 Å². The van der Waals surface area contributed by atoms with Crippen LogP contribution >= 0.6 is 22.7 Å². The monoisotopic (exact) mass is 262 g/mol. The number of aliphatic hydroxyl groups is 1. The molecular weight excluding hydrogens is 252 g/mol. The molecule has 0 saturated heterocycles. The van der Waals surface area contributed by atoms with Gasteiger partial charge in [-0.2, -0.15) is 0 Å². The molecule has 0 unspecified atom stereocenters. The Hall–Kier alpha value is -1.41. The molecule has 0 fully saturated rings. The Morgan fingerprint density at radius 1 is 1.18 bits per heavy atom. The molecular formula is C13H10O2S2. The third kappa shape index (κ3) is 3.04. The predicted molar refractivity (Wildman–Crippen MR) is 71.6 cm³/mol. The molecule has 0 saturated carbocycles. The van der Waals surface area contributed by atoms with E-state index in [9.17, 15) is 4.79 Å². The first-order valence-electron chi connectivity index (χ1n) is 5.08. The molecule has 4 heteroatoms. The van der Waals surface area contributed by atoms with Crippen molar-refractivity contribution in [1.82, 2.24) is 0 Å². The lowest BCUT2D eigenvalue weighted by molar-refractivity contribution is 0.112. The van der Waals surface area contributed by atoms with E-state index >= 15 is 0 Å². The second-order valence-corrected chi connectivity index (χ2v) is 5.46. The van der Waals surface area contributed by atoms with Crippen molar-refractivity contribution in [2.75, 3.05) is 6.61 Å². The fourth-order valence-corrected chi connectivity index (χ4v) is 3.09. The van der Waals surface area contributed by atoms with Gasteiger partial charge in [0.25, 0.3) is 0 Å². The highest BCUT2D eigenvalue weighted by Crippen LogP contribution is 2.32. The lowest BCUT2D eigenvalue weighted by Gasteiger charge is -1.87. The minimum absolute atomic E-state index is 0.0961. The van der Waals surface area contributed by atoms with Crippen LogP contribution in [0.3, 0.4) is 0 Å². The third-order valence-corrected chi connectivity index (χ3v) is 4.25. The SMILES string of the molecule is O=Cc1ccc(-c2ccc(C#CCCO)s2)s1. The molecule has 86 valence electrons. The molecule has 0 radical (unpaired) electrons. The summed E-state index contributed by atoms with van der Waals surface area (Å²) in [6.45, 7) is 0.0961. The summed E-state index contributed by atoms with van der Waals surface area (Å²) in [4.78, 5) is 14.5. The lowest BCUT2D eigenvalue weighted by atomic mass is 10.3. The fourth-order valence-electron chi connectivity index (χ4n) is 1.29.